The third kappa shape index (κ3) is 4.27. The summed E-state index contributed by atoms with van der Waals surface area (Å²) < 4.78 is 5.80. The Morgan fingerprint density at radius 1 is 0.640 bits per heavy atom. The maximum atomic E-state index is 6.34. The second-order valence-corrected chi connectivity index (χ2v) is 6.90. The standard InChI is InChI=1S/C18H8Cl6O/c1-3-5-9-15(21)11(19)7-13(17(9)23)25-14-8-12(20)16(22)10(6-4-2)18(14)24/h7-8H,1-2H3. The summed E-state index contributed by atoms with van der Waals surface area (Å²) in [7, 11) is 0. The van der Waals surface area contributed by atoms with Crippen LogP contribution in [0.2, 0.25) is 30.1 Å². The van der Waals surface area contributed by atoms with Gasteiger partial charge in [-0.2, -0.15) is 0 Å². The van der Waals surface area contributed by atoms with Crippen LogP contribution in [0.15, 0.2) is 12.1 Å². The van der Waals surface area contributed by atoms with Gasteiger partial charge in [-0.3, -0.25) is 0 Å². The number of hydrogen-bond acceptors (Lipinski definition) is 1. The van der Waals surface area contributed by atoms with Crippen LogP contribution in [-0.4, -0.2) is 0 Å². The van der Waals surface area contributed by atoms with Crippen LogP contribution < -0.4 is 4.74 Å². The molecule has 1 nitrogen and oxygen atoms in total. The molecule has 0 aliphatic heterocycles. The average molecular weight is 453 g/mol. The molecule has 25 heavy (non-hydrogen) atoms. The number of halogens is 6. The molecule has 0 heterocycles. The lowest BCUT2D eigenvalue weighted by Gasteiger charge is -2.14. The monoisotopic (exact) mass is 450 g/mol. The molecule has 0 aliphatic rings. The third-order valence-corrected chi connectivity index (χ3v) is 5.29. The van der Waals surface area contributed by atoms with Crippen molar-refractivity contribution in [1.82, 2.24) is 0 Å². The van der Waals surface area contributed by atoms with E-state index in [1.807, 2.05) is 0 Å². The first-order valence-electron chi connectivity index (χ1n) is 6.70. The van der Waals surface area contributed by atoms with Crippen LogP contribution in [-0.2, 0) is 0 Å². The van der Waals surface area contributed by atoms with Gasteiger partial charge in [-0.25, -0.2) is 0 Å². The van der Waals surface area contributed by atoms with Gasteiger partial charge in [0.05, 0.1) is 31.2 Å². The molecule has 0 saturated heterocycles. The van der Waals surface area contributed by atoms with Crippen molar-refractivity contribution < 1.29 is 4.74 Å². The van der Waals surface area contributed by atoms with E-state index in [9.17, 15) is 0 Å². The molecule has 2 aromatic rings. The normalized spacial score (nSPS) is 9.76. The summed E-state index contributed by atoms with van der Waals surface area (Å²) in [6, 6.07) is 2.94. The minimum atomic E-state index is 0.203. The van der Waals surface area contributed by atoms with Gasteiger partial charge in [0, 0.05) is 12.1 Å². The molecule has 0 radical (unpaired) electrons. The molecule has 0 saturated carbocycles. The Kier molecular flexibility index (Phi) is 7.07. The SMILES string of the molecule is CC#Cc1c(Cl)c(Cl)cc(Oc2cc(Cl)c(Cl)c(C#CC)c2Cl)c1Cl. The summed E-state index contributed by atoms with van der Waals surface area (Å²) in [5.74, 6) is 11.5. The average Bonchev–Trinajstić information content (AvgIpc) is 2.58. The lowest BCUT2D eigenvalue weighted by molar-refractivity contribution is 0.483. The van der Waals surface area contributed by atoms with E-state index in [0.717, 1.165) is 0 Å². The molecule has 0 aromatic heterocycles. The van der Waals surface area contributed by atoms with Crippen molar-refractivity contribution >= 4 is 69.6 Å². The van der Waals surface area contributed by atoms with Gasteiger partial charge in [0.25, 0.3) is 0 Å². The van der Waals surface area contributed by atoms with Crippen molar-refractivity contribution in [1.29, 1.82) is 0 Å². The Labute approximate surface area is 176 Å². The highest BCUT2D eigenvalue weighted by Gasteiger charge is 2.19. The molecule has 0 unspecified atom stereocenters. The van der Waals surface area contributed by atoms with E-state index in [1.54, 1.807) is 13.8 Å². The fraction of sp³-hybridized carbons (Fsp3) is 0.111. The molecule has 7 heteroatoms. The van der Waals surface area contributed by atoms with E-state index in [2.05, 4.69) is 23.7 Å². The molecule has 128 valence electrons. The smallest absolute Gasteiger partial charge is 0.148 e. The summed E-state index contributed by atoms with van der Waals surface area (Å²) in [4.78, 5) is 0. The van der Waals surface area contributed by atoms with Crippen LogP contribution >= 0.6 is 69.6 Å². The Morgan fingerprint density at radius 3 is 1.32 bits per heavy atom. The summed E-state index contributed by atoms with van der Waals surface area (Å²) in [6.45, 7) is 3.30. The summed E-state index contributed by atoms with van der Waals surface area (Å²) >= 11 is 37.2. The van der Waals surface area contributed by atoms with Gasteiger partial charge >= 0.3 is 0 Å². The lowest BCUT2D eigenvalue weighted by Crippen LogP contribution is -1.93. The Morgan fingerprint density at radius 2 is 1.00 bits per heavy atom. The topological polar surface area (TPSA) is 9.23 Å². The zero-order valence-electron chi connectivity index (χ0n) is 12.8. The van der Waals surface area contributed by atoms with Gasteiger partial charge in [-0.1, -0.05) is 81.4 Å². The predicted octanol–water partition coefficient (Wildman–Crippen LogP) is 8.14. The molecule has 0 spiro atoms. The zero-order chi connectivity index (χ0) is 18.7. The van der Waals surface area contributed by atoms with Crippen molar-refractivity contribution in [2.24, 2.45) is 0 Å². The fourth-order valence-corrected chi connectivity index (χ4v) is 3.24. The zero-order valence-corrected chi connectivity index (χ0v) is 17.4. The van der Waals surface area contributed by atoms with E-state index in [4.69, 9.17) is 74.3 Å². The van der Waals surface area contributed by atoms with Crippen molar-refractivity contribution in [3.63, 3.8) is 0 Å². The maximum Gasteiger partial charge on any atom is 0.148 e. The van der Waals surface area contributed by atoms with E-state index in [0.29, 0.717) is 11.1 Å². The Balaban J connectivity index is 2.64. The fourth-order valence-electron chi connectivity index (χ4n) is 1.90. The quantitative estimate of drug-likeness (QED) is 0.330. The Hall–Kier alpha value is -0.900. The lowest BCUT2D eigenvalue weighted by atomic mass is 10.2. The number of benzene rings is 2. The minimum absolute atomic E-state index is 0.203. The van der Waals surface area contributed by atoms with Gasteiger partial charge < -0.3 is 4.74 Å². The first-order chi connectivity index (χ1) is 11.8. The molecule has 0 N–H and O–H groups in total. The minimum Gasteiger partial charge on any atom is -0.454 e. The highest BCUT2D eigenvalue weighted by Crippen LogP contribution is 2.44. The van der Waals surface area contributed by atoms with Crippen molar-refractivity contribution in [3.05, 3.63) is 53.4 Å². The molecule has 0 atom stereocenters. The van der Waals surface area contributed by atoms with Gasteiger partial charge in [-0.15, -0.1) is 11.8 Å². The Bertz CT molecular complexity index is 894. The van der Waals surface area contributed by atoms with Crippen LogP contribution in [0.4, 0.5) is 0 Å². The number of ether oxygens (including phenoxy) is 1. The number of hydrogen-bond donors (Lipinski definition) is 0. The van der Waals surface area contributed by atoms with E-state index < -0.39 is 0 Å². The summed E-state index contributed by atoms with van der Waals surface area (Å²) in [6.07, 6.45) is 0. The third-order valence-electron chi connectivity index (χ3n) is 2.97. The summed E-state index contributed by atoms with van der Waals surface area (Å²) in [5.41, 5.74) is 0.719. The molecule has 0 fully saturated rings. The van der Waals surface area contributed by atoms with E-state index in [-0.39, 0.29) is 41.6 Å². The second-order valence-electron chi connectivity index (χ2n) is 4.57. The number of rotatable bonds is 2. The van der Waals surface area contributed by atoms with Crippen LogP contribution in [0.3, 0.4) is 0 Å². The van der Waals surface area contributed by atoms with Gasteiger partial charge in [0.15, 0.2) is 0 Å². The predicted molar refractivity (Wildman–Crippen MR) is 108 cm³/mol. The molecular formula is C18H8Cl6O. The van der Waals surface area contributed by atoms with E-state index >= 15 is 0 Å². The molecule has 2 rings (SSSR count). The van der Waals surface area contributed by atoms with Crippen LogP contribution in [0.5, 0.6) is 11.5 Å². The highest BCUT2D eigenvalue weighted by molar-refractivity contribution is 6.45. The van der Waals surface area contributed by atoms with Crippen molar-refractivity contribution in [2.45, 2.75) is 13.8 Å². The van der Waals surface area contributed by atoms with Crippen molar-refractivity contribution in [3.8, 4) is 35.2 Å². The van der Waals surface area contributed by atoms with E-state index in [1.165, 1.54) is 12.1 Å². The van der Waals surface area contributed by atoms with Crippen LogP contribution in [0.1, 0.15) is 25.0 Å². The molecule has 0 amide bonds. The molecular weight excluding hydrogens is 445 g/mol. The van der Waals surface area contributed by atoms with Crippen LogP contribution in [0, 0.1) is 23.7 Å². The largest absolute Gasteiger partial charge is 0.454 e. The highest BCUT2D eigenvalue weighted by atomic mass is 35.5. The van der Waals surface area contributed by atoms with Gasteiger partial charge in [-0.05, 0) is 13.8 Å². The molecule has 2 aromatic carbocycles. The van der Waals surface area contributed by atoms with Gasteiger partial charge in [0.2, 0.25) is 0 Å². The van der Waals surface area contributed by atoms with Gasteiger partial charge in [0.1, 0.15) is 21.5 Å². The van der Waals surface area contributed by atoms with Crippen LogP contribution in [0.25, 0.3) is 0 Å². The maximum absolute atomic E-state index is 6.34. The molecule has 0 bridgehead atoms. The molecule has 0 aliphatic carbocycles. The first kappa shape index (κ1) is 20.4. The second kappa shape index (κ2) is 8.66. The summed E-state index contributed by atoms with van der Waals surface area (Å²) in [5, 5.41) is 1.37. The van der Waals surface area contributed by atoms with Crippen molar-refractivity contribution in [2.75, 3.05) is 0 Å². The first-order valence-corrected chi connectivity index (χ1v) is 8.96.